The van der Waals surface area contributed by atoms with Gasteiger partial charge < -0.3 is 9.84 Å². The van der Waals surface area contributed by atoms with E-state index in [2.05, 4.69) is 43.5 Å². The predicted molar refractivity (Wildman–Crippen MR) is 73.5 cm³/mol. The van der Waals surface area contributed by atoms with Crippen molar-refractivity contribution >= 4 is 15.9 Å². The second kappa shape index (κ2) is 6.66. The third-order valence-corrected chi connectivity index (χ3v) is 3.07. The third kappa shape index (κ3) is 3.92. The maximum atomic E-state index is 5.21. The van der Waals surface area contributed by atoms with E-state index >= 15 is 0 Å². The molecule has 0 aliphatic heterocycles. The van der Waals surface area contributed by atoms with Crippen molar-refractivity contribution in [1.29, 1.82) is 0 Å². The van der Waals surface area contributed by atoms with Gasteiger partial charge in [0.2, 0.25) is 5.89 Å². The first-order chi connectivity index (χ1) is 8.78. The molecule has 0 atom stereocenters. The molecule has 0 aliphatic rings. The average molecular weight is 310 g/mol. The van der Waals surface area contributed by atoms with Crippen molar-refractivity contribution in [2.75, 3.05) is 13.6 Å². The van der Waals surface area contributed by atoms with Gasteiger partial charge in [-0.3, -0.25) is 0 Å². The lowest BCUT2D eigenvalue weighted by Gasteiger charge is -1.97. The number of aromatic nitrogens is 2. The zero-order valence-electron chi connectivity index (χ0n) is 10.3. The van der Waals surface area contributed by atoms with Gasteiger partial charge in [-0.05, 0) is 37.7 Å². The van der Waals surface area contributed by atoms with Gasteiger partial charge in [-0.1, -0.05) is 33.2 Å². The van der Waals surface area contributed by atoms with E-state index in [0.717, 1.165) is 35.6 Å². The van der Waals surface area contributed by atoms with Crippen molar-refractivity contribution in [3.05, 3.63) is 46.0 Å². The van der Waals surface area contributed by atoms with Crippen LogP contribution in [0.1, 0.15) is 23.7 Å². The molecule has 5 heteroatoms. The van der Waals surface area contributed by atoms with E-state index < -0.39 is 0 Å². The summed E-state index contributed by atoms with van der Waals surface area (Å²) in [5.74, 6) is 1.46. The SMILES string of the molecule is CNCCCc1nc(Cc2cccc(Br)c2)no1. The minimum absolute atomic E-state index is 0.703. The first-order valence-electron chi connectivity index (χ1n) is 5.98. The molecule has 0 saturated heterocycles. The van der Waals surface area contributed by atoms with Crippen LogP contribution in [0.15, 0.2) is 33.3 Å². The van der Waals surface area contributed by atoms with Crippen LogP contribution in [0.3, 0.4) is 0 Å². The van der Waals surface area contributed by atoms with Crippen LogP contribution in [0.5, 0.6) is 0 Å². The standard InChI is InChI=1S/C13H16BrN3O/c1-15-7-3-6-13-16-12(17-18-13)9-10-4-2-5-11(14)8-10/h2,4-5,8,15H,3,6-7,9H2,1H3. The Balaban J connectivity index is 1.94. The van der Waals surface area contributed by atoms with Crippen molar-refractivity contribution < 1.29 is 4.52 Å². The lowest BCUT2D eigenvalue weighted by Crippen LogP contribution is -2.08. The molecule has 0 unspecified atom stereocenters. The van der Waals surface area contributed by atoms with Crippen LogP contribution in [-0.2, 0) is 12.8 Å². The molecule has 0 fully saturated rings. The molecule has 2 aromatic rings. The number of nitrogens with one attached hydrogen (secondary N) is 1. The summed E-state index contributed by atoms with van der Waals surface area (Å²) >= 11 is 3.45. The largest absolute Gasteiger partial charge is 0.339 e. The monoisotopic (exact) mass is 309 g/mol. The highest BCUT2D eigenvalue weighted by Crippen LogP contribution is 2.14. The van der Waals surface area contributed by atoms with Gasteiger partial charge in [0.05, 0.1) is 0 Å². The zero-order chi connectivity index (χ0) is 12.8. The molecule has 0 saturated carbocycles. The first kappa shape index (κ1) is 13.2. The molecule has 1 aromatic carbocycles. The van der Waals surface area contributed by atoms with Gasteiger partial charge in [0.25, 0.3) is 0 Å². The summed E-state index contributed by atoms with van der Waals surface area (Å²) < 4.78 is 6.28. The molecule has 0 spiro atoms. The van der Waals surface area contributed by atoms with E-state index in [1.807, 2.05) is 19.2 Å². The van der Waals surface area contributed by atoms with Crippen molar-refractivity contribution in [3.63, 3.8) is 0 Å². The van der Waals surface area contributed by atoms with Crippen LogP contribution in [0.2, 0.25) is 0 Å². The first-order valence-corrected chi connectivity index (χ1v) is 6.78. The Morgan fingerprint density at radius 1 is 1.39 bits per heavy atom. The van der Waals surface area contributed by atoms with Gasteiger partial charge in [0, 0.05) is 17.3 Å². The van der Waals surface area contributed by atoms with Crippen molar-refractivity contribution in [3.8, 4) is 0 Å². The molecule has 0 amide bonds. The maximum Gasteiger partial charge on any atom is 0.226 e. The van der Waals surface area contributed by atoms with Gasteiger partial charge in [-0.25, -0.2) is 0 Å². The maximum absolute atomic E-state index is 5.21. The summed E-state index contributed by atoms with van der Waals surface area (Å²) in [5.41, 5.74) is 1.17. The van der Waals surface area contributed by atoms with E-state index in [0.29, 0.717) is 6.42 Å². The second-order valence-corrected chi connectivity index (χ2v) is 5.03. The molecule has 0 radical (unpaired) electrons. The van der Waals surface area contributed by atoms with Crippen LogP contribution in [0, 0.1) is 0 Å². The highest BCUT2D eigenvalue weighted by molar-refractivity contribution is 9.10. The molecule has 0 aliphatic carbocycles. The van der Waals surface area contributed by atoms with Crippen LogP contribution in [0.4, 0.5) is 0 Å². The summed E-state index contributed by atoms with van der Waals surface area (Å²) in [4.78, 5) is 4.39. The number of hydrogen-bond acceptors (Lipinski definition) is 4. The van der Waals surface area contributed by atoms with Gasteiger partial charge in [-0.15, -0.1) is 0 Å². The fraction of sp³-hybridized carbons (Fsp3) is 0.385. The Bertz CT molecular complexity index is 498. The summed E-state index contributed by atoms with van der Waals surface area (Å²) in [6, 6.07) is 8.13. The molecule has 96 valence electrons. The summed E-state index contributed by atoms with van der Waals surface area (Å²) in [7, 11) is 1.94. The van der Waals surface area contributed by atoms with E-state index in [9.17, 15) is 0 Å². The number of hydrogen-bond donors (Lipinski definition) is 1. The number of nitrogens with zero attached hydrogens (tertiary/aromatic N) is 2. The predicted octanol–water partition coefficient (Wildman–Crippen LogP) is 2.57. The Kier molecular flexibility index (Phi) is 4.90. The average Bonchev–Trinajstić information content (AvgIpc) is 2.77. The lowest BCUT2D eigenvalue weighted by molar-refractivity contribution is 0.370. The molecule has 0 bridgehead atoms. The third-order valence-electron chi connectivity index (χ3n) is 2.58. The van der Waals surface area contributed by atoms with Crippen molar-refractivity contribution in [2.24, 2.45) is 0 Å². The normalized spacial score (nSPS) is 10.8. The fourth-order valence-electron chi connectivity index (χ4n) is 1.71. The zero-order valence-corrected chi connectivity index (χ0v) is 11.9. The molecule has 2 rings (SSSR count). The quantitative estimate of drug-likeness (QED) is 0.833. The summed E-state index contributed by atoms with van der Waals surface area (Å²) in [6.45, 7) is 0.962. The Morgan fingerprint density at radius 3 is 3.06 bits per heavy atom. The summed E-state index contributed by atoms with van der Waals surface area (Å²) in [6.07, 6.45) is 2.54. The topological polar surface area (TPSA) is 51.0 Å². The van der Waals surface area contributed by atoms with Gasteiger partial charge >= 0.3 is 0 Å². The van der Waals surface area contributed by atoms with Crippen LogP contribution in [0.25, 0.3) is 0 Å². The number of halogens is 1. The van der Waals surface area contributed by atoms with Gasteiger partial charge in [-0.2, -0.15) is 4.98 Å². The highest BCUT2D eigenvalue weighted by Gasteiger charge is 2.06. The van der Waals surface area contributed by atoms with Gasteiger partial charge in [0.1, 0.15) is 0 Å². The minimum atomic E-state index is 0.703. The number of aryl methyl sites for hydroxylation is 1. The smallest absolute Gasteiger partial charge is 0.226 e. The fourth-order valence-corrected chi connectivity index (χ4v) is 2.16. The van der Waals surface area contributed by atoms with Crippen LogP contribution in [-0.4, -0.2) is 23.7 Å². The second-order valence-electron chi connectivity index (χ2n) is 4.12. The van der Waals surface area contributed by atoms with Crippen molar-refractivity contribution in [2.45, 2.75) is 19.3 Å². The Hall–Kier alpha value is -1.20. The Labute approximate surface area is 115 Å². The molecule has 1 N–H and O–H groups in total. The van der Waals surface area contributed by atoms with E-state index in [1.54, 1.807) is 0 Å². The van der Waals surface area contributed by atoms with Crippen LogP contribution >= 0.6 is 15.9 Å². The minimum Gasteiger partial charge on any atom is -0.339 e. The molecular formula is C13H16BrN3O. The molecule has 1 aromatic heterocycles. The lowest BCUT2D eigenvalue weighted by atomic mass is 10.1. The highest BCUT2D eigenvalue weighted by atomic mass is 79.9. The molecule has 1 heterocycles. The van der Waals surface area contributed by atoms with Crippen LogP contribution < -0.4 is 5.32 Å². The Morgan fingerprint density at radius 2 is 2.28 bits per heavy atom. The van der Waals surface area contributed by atoms with Gasteiger partial charge in [0.15, 0.2) is 5.82 Å². The molecule has 18 heavy (non-hydrogen) atoms. The van der Waals surface area contributed by atoms with Crippen molar-refractivity contribution in [1.82, 2.24) is 15.5 Å². The van der Waals surface area contributed by atoms with E-state index in [1.165, 1.54) is 5.56 Å². The molecular weight excluding hydrogens is 294 g/mol. The number of rotatable bonds is 6. The molecule has 4 nitrogen and oxygen atoms in total. The summed E-state index contributed by atoms with van der Waals surface area (Å²) in [5, 5.41) is 7.09. The number of benzene rings is 1. The van der Waals surface area contributed by atoms with E-state index in [-0.39, 0.29) is 0 Å². The van der Waals surface area contributed by atoms with E-state index in [4.69, 9.17) is 4.52 Å².